The van der Waals surface area contributed by atoms with Crippen LogP contribution >= 0.6 is 11.3 Å². The van der Waals surface area contributed by atoms with Crippen LogP contribution in [0.25, 0.3) is 0 Å². The van der Waals surface area contributed by atoms with Gasteiger partial charge in [0.1, 0.15) is 5.00 Å². The maximum Gasteiger partial charge on any atom is 0.256 e. The Kier molecular flexibility index (Phi) is 3.76. The van der Waals surface area contributed by atoms with E-state index in [1.807, 2.05) is 17.9 Å². The summed E-state index contributed by atoms with van der Waals surface area (Å²) < 4.78 is 0. The minimum absolute atomic E-state index is 0.0296. The lowest BCUT2D eigenvalue weighted by molar-refractivity contribution is -0.117. The summed E-state index contributed by atoms with van der Waals surface area (Å²) in [6, 6.07) is 1.89. The summed E-state index contributed by atoms with van der Waals surface area (Å²) in [7, 11) is 0. The van der Waals surface area contributed by atoms with Crippen LogP contribution in [0, 0.1) is 12.8 Å². The number of carbonyl (C=O) groups excluding carboxylic acids is 2. The molecule has 0 aromatic carbocycles. The molecule has 1 aliphatic heterocycles. The minimum atomic E-state index is 0.0296. The van der Waals surface area contributed by atoms with Crippen LogP contribution in [0.15, 0.2) is 6.07 Å². The number of carbonyl (C=O) groups is 2. The van der Waals surface area contributed by atoms with Crippen molar-refractivity contribution in [3.8, 4) is 0 Å². The molecule has 2 amide bonds. The van der Waals surface area contributed by atoms with Crippen LogP contribution in [0.2, 0.25) is 0 Å². The second kappa shape index (κ2) is 5.54. The van der Waals surface area contributed by atoms with Crippen LogP contribution in [0.1, 0.15) is 28.1 Å². The van der Waals surface area contributed by atoms with E-state index < -0.39 is 0 Å². The molecule has 1 aromatic rings. The molecule has 2 fully saturated rings. The lowest BCUT2D eigenvalue weighted by atomic mass is 10.2. The summed E-state index contributed by atoms with van der Waals surface area (Å²) in [6.45, 7) is 5.08. The second-order valence-electron chi connectivity index (χ2n) is 5.41. The van der Waals surface area contributed by atoms with Gasteiger partial charge >= 0.3 is 0 Å². The third kappa shape index (κ3) is 2.86. The Morgan fingerprint density at radius 2 is 2.05 bits per heavy atom. The van der Waals surface area contributed by atoms with Gasteiger partial charge in [-0.25, -0.2) is 0 Å². The first-order valence-electron chi connectivity index (χ1n) is 7.06. The van der Waals surface area contributed by atoms with Gasteiger partial charge in [-0.15, -0.1) is 11.3 Å². The molecule has 2 heterocycles. The highest BCUT2D eigenvalue weighted by atomic mass is 32.1. The first-order chi connectivity index (χ1) is 9.65. The van der Waals surface area contributed by atoms with Crippen molar-refractivity contribution in [2.45, 2.75) is 19.8 Å². The zero-order chi connectivity index (χ0) is 14.1. The number of aryl methyl sites for hydroxylation is 1. The smallest absolute Gasteiger partial charge is 0.256 e. The number of hydrogen-bond donors (Lipinski definition) is 2. The molecule has 1 saturated heterocycles. The number of nitrogens with one attached hydrogen (secondary N) is 2. The van der Waals surface area contributed by atoms with Crippen molar-refractivity contribution >= 4 is 28.2 Å². The summed E-state index contributed by atoms with van der Waals surface area (Å²) in [6.07, 6.45) is 1.94. The molecule has 20 heavy (non-hydrogen) atoms. The highest BCUT2D eigenvalue weighted by Gasteiger charge is 2.31. The van der Waals surface area contributed by atoms with Crippen LogP contribution in [0.4, 0.5) is 5.00 Å². The van der Waals surface area contributed by atoms with Gasteiger partial charge in [-0.05, 0) is 25.8 Å². The Morgan fingerprint density at radius 1 is 1.35 bits per heavy atom. The standard InChI is InChI=1S/C14H19N3O2S/c1-9-8-11(14(19)17-6-4-15-5-7-17)13(20-9)16-12(18)10-2-3-10/h8,10,15H,2-7H2,1H3,(H,16,18). The lowest BCUT2D eigenvalue weighted by Crippen LogP contribution is -2.46. The molecule has 2 aliphatic rings. The molecule has 3 rings (SSSR count). The van der Waals surface area contributed by atoms with Gasteiger partial charge in [-0.2, -0.15) is 0 Å². The predicted molar refractivity (Wildman–Crippen MR) is 79.2 cm³/mol. The summed E-state index contributed by atoms with van der Waals surface area (Å²) in [4.78, 5) is 27.4. The van der Waals surface area contributed by atoms with Crippen LogP contribution in [-0.2, 0) is 4.79 Å². The molecule has 1 saturated carbocycles. The van der Waals surface area contributed by atoms with E-state index in [-0.39, 0.29) is 17.7 Å². The van der Waals surface area contributed by atoms with Gasteiger partial charge in [-0.3, -0.25) is 9.59 Å². The largest absolute Gasteiger partial charge is 0.336 e. The van der Waals surface area contributed by atoms with E-state index in [0.29, 0.717) is 10.6 Å². The Hall–Kier alpha value is -1.40. The number of rotatable bonds is 3. The van der Waals surface area contributed by atoms with E-state index in [1.54, 1.807) is 0 Å². The zero-order valence-corrected chi connectivity index (χ0v) is 12.4. The molecule has 0 radical (unpaired) electrons. The van der Waals surface area contributed by atoms with Crippen LogP contribution in [-0.4, -0.2) is 42.9 Å². The van der Waals surface area contributed by atoms with Gasteiger partial charge in [0.2, 0.25) is 5.91 Å². The van der Waals surface area contributed by atoms with Crippen molar-refractivity contribution in [1.82, 2.24) is 10.2 Å². The van der Waals surface area contributed by atoms with Crippen molar-refractivity contribution in [2.24, 2.45) is 5.92 Å². The van der Waals surface area contributed by atoms with E-state index >= 15 is 0 Å². The molecule has 5 nitrogen and oxygen atoms in total. The maximum absolute atomic E-state index is 12.6. The molecule has 2 N–H and O–H groups in total. The molecule has 0 unspecified atom stereocenters. The fourth-order valence-electron chi connectivity index (χ4n) is 2.36. The molecule has 6 heteroatoms. The highest BCUT2D eigenvalue weighted by Crippen LogP contribution is 2.34. The van der Waals surface area contributed by atoms with Gasteiger partial charge in [0.15, 0.2) is 0 Å². The van der Waals surface area contributed by atoms with E-state index in [2.05, 4.69) is 10.6 Å². The number of nitrogens with zero attached hydrogens (tertiary/aromatic N) is 1. The molecule has 108 valence electrons. The number of piperazine rings is 1. The fourth-order valence-corrected chi connectivity index (χ4v) is 3.27. The molecule has 0 atom stereocenters. The topological polar surface area (TPSA) is 61.4 Å². The van der Waals surface area contributed by atoms with Crippen LogP contribution in [0.5, 0.6) is 0 Å². The molecule has 1 aliphatic carbocycles. The number of amides is 2. The van der Waals surface area contributed by atoms with Crippen molar-refractivity contribution in [3.05, 3.63) is 16.5 Å². The van der Waals surface area contributed by atoms with Crippen LogP contribution in [0.3, 0.4) is 0 Å². The van der Waals surface area contributed by atoms with Gasteiger partial charge in [0.05, 0.1) is 5.56 Å². The SMILES string of the molecule is Cc1cc(C(=O)N2CCNCC2)c(NC(=O)C2CC2)s1. The van der Waals surface area contributed by atoms with Gasteiger partial charge < -0.3 is 15.5 Å². The number of anilines is 1. The van der Waals surface area contributed by atoms with E-state index in [0.717, 1.165) is 43.9 Å². The van der Waals surface area contributed by atoms with Crippen molar-refractivity contribution < 1.29 is 9.59 Å². The van der Waals surface area contributed by atoms with Crippen LogP contribution < -0.4 is 10.6 Å². The van der Waals surface area contributed by atoms with Crippen molar-refractivity contribution in [1.29, 1.82) is 0 Å². The first kappa shape index (κ1) is 13.6. The third-order valence-corrected chi connectivity index (χ3v) is 4.64. The average Bonchev–Trinajstić information content (AvgIpc) is 3.24. The quantitative estimate of drug-likeness (QED) is 0.887. The molecule has 0 bridgehead atoms. The fraction of sp³-hybridized carbons (Fsp3) is 0.571. The molecular formula is C14H19N3O2S. The Morgan fingerprint density at radius 3 is 2.70 bits per heavy atom. The van der Waals surface area contributed by atoms with Crippen molar-refractivity contribution in [3.63, 3.8) is 0 Å². The normalized spacial score (nSPS) is 18.9. The minimum Gasteiger partial charge on any atom is -0.336 e. The lowest BCUT2D eigenvalue weighted by Gasteiger charge is -2.27. The Bertz CT molecular complexity index is 531. The van der Waals surface area contributed by atoms with Gasteiger partial charge in [-0.1, -0.05) is 0 Å². The maximum atomic E-state index is 12.6. The Labute approximate surface area is 122 Å². The van der Waals surface area contributed by atoms with E-state index in [9.17, 15) is 9.59 Å². The predicted octanol–water partition coefficient (Wildman–Crippen LogP) is 1.45. The summed E-state index contributed by atoms with van der Waals surface area (Å²) >= 11 is 1.49. The molecular weight excluding hydrogens is 274 g/mol. The monoisotopic (exact) mass is 293 g/mol. The second-order valence-corrected chi connectivity index (χ2v) is 6.66. The van der Waals surface area contributed by atoms with E-state index in [4.69, 9.17) is 0 Å². The van der Waals surface area contributed by atoms with E-state index in [1.165, 1.54) is 11.3 Å². The molecule has 0 spiro atoms. The van der Waals surface area contributed by atoms with Gasteiger partial charge in [0, 0.05) is 37.0 Å². The van der Waals surface area contributed by atoms with Crippen molar-refractivity contribution in [2.75, 3.05) is 31.5 Å². The summed E-state index contributed by atoms with van der Waals surface area (Å²) in [5, 5.41) is 6.88. The zero-order valence-electron chi connectivity index (χ0n) is 11.6. The molecule has 1 aromatic heterocycles. The summed E-state index contributed by atoms with van der Waals surface area (Å²) in [5.41, 5.74) is 0.642. The Balaban J connectivity index is 1.77. The average molecular weight is 293 g/mol. The first-order valence-corrected chi connectivity index (χ1v) is 7.88. The van der Waals surface area contributed by atoms with Gasteiger partial charge in [0.25, 0.3) is 5.91 Å². The third-order valence-electron chi connectivity index (χ3n) is 3.67. The number of thiophene rings is 1. The summed E-state index contributed by atoms with van der Waals surface area (Å²) in [5.74, 6) is 0.239. The highest BCUT2D eigenvalue weighted by molar-refractivity contribution is 7.16. The number of hydrogen-bond acceptors (Lipinski definition) is 4.